The van der Waals surface area contributed by atoms with Crippen LogP contribution in [0.15, 0.2) is 35.8 Å². The van der Waals surface area contributed by atoms with Crippen LogP contribution in [-0.2, 0) is 6.54 Å². The van der Waals surface area contributed by atoms with Gasteiger partial charge in [-0.15, -0.1) is 11.3 Å². The van der Waals surface area contributed by atoms with E-state index in [1.807, 2.05) is 24.6 Å². The second kappa shape index (κ2) is 5.45. The van der Waals surface area contributed by atoms with Crippen LogP contribution >= 0.6 is 11.3 Å². The molecule has 1 amide bonds. The molecule has 1 aromatic carbocycles. The van der Waals surface area contributed by atoms with Crippen molar-refractivity contribution >= 4 is 22.9 Å². The number of rotatable bonds is 4. The summed E-state index contributed by atoms with van der Waals surface area (Å²) in [5.74, 6) is -0.0807. The topological polar surface area (TPSA) is 54.0 Å². The van der Waals surface area contributed by atoms with E-state index in [0.717, 1.165) is 10.7 Å². The zero-order chi connectivity index (χ0) is 12.1. The van der Waals surface area contributed by atoms with Crippen LogP contribution in [0.5, 0.6) is 0 Å². The molecule has 0 bridgehead atoms. The third kappa shape index (κ3) is 3.04. The van der Waals surface area contributed by atoms with Crippen molar-refractivity contribution in [1.29, 1.82) is 0 Å². The number of nitrogens with zero attached hydrogens (tertiary/aromatic N) is 1. The fourth-order valence-electron chi connectivity index (χ4n) is 1.39. The van der Waals surface area contributed by atoms with Crippen molar-refractivity contribution in [3.8, 4) is 0 Å². The Kier molecular flexibility index (Phi) is 3.72. The lowest BCUT2D eigenvalue weighted by Crippen LogP contribution is -2.22. The van der Waals surface area contributed by atoms with Gasteiger partial charge in [0.05, 0.1) is 6.54 Å². The van der Waals surface area contributed by atoms with Gasteiger partial charge < -0.3 is 10.6 Å². The summed E-state index contributed by atoms with van der Waals surface area (Å²) in [4.78, 5) is 15.9. The SMILES string of the molecule is CNc1ccc(C(=O)NCc2nccs2)cc1. The summed E-state index contributed by atoms with van der Waals surface area (Å²) >= 11 is 1.53. The van der Waals surface area contributed by atoms with Crippen molar-refractivity contribution in [2.24, 2.45) is 0 Å². The first-order chi connectivity index (χ1) is 8.29. The van der Waals surface area contributed by atoms with E-state index in [9.17, 15) is 4.79 Å². The minimum absolute atomic E-state index is 0.0807. The van der Waals surface area contributed by atoms with Crippen LogP contribution in [0.4, 0.5) is 5.69 Å². The summed E-state index contributed by atoms with van der Waals surface area (Å²) in [6.45, 7) is 0.476. The van der Waals surface area contributed by atoms with E-state index in [-0.39, 0.29) is 5.91 Å². The van der Waals surface area contributed by atoms with Gasteiger partial charge in [-0.25, -0.2) is 4.98 Å². The van der Waals surface area contributed by atoms with Gasteiger partial charge in [-0.2, -0.15) is 0 Å². The van der Waals surface area contributed by atoms with Gasteiger partial charge in [0.2, 0.25) is 0 Å². The molecule has 17 heavy (non-hydrogen) atoms. The molecule has 88 valence electrons. The standard InChI is InChI=1S/C12H13N3OS/c1-13-10-4-2-9(3-5-10)12(16)15-8-11-14-6-7-17-11/h2-7,13H,8H2,1H3,(H,15,16). The molecule has 0 radical (unpaired) electrons. The maximum absolute atomic E-state index is 11.8. The summed E-state index contributed by atoms with van der Waals surface area (Å²) in [6, 6.07) is 7.34. The predicted molar refractivity (Wildman–Crippen MR) is 69.3 cm³/mol. The van der Waals surface area contributed by atoms with Crippen LogP contribution in [0.2, 0.25) is 0 Å². The molecular weight excluding hydrogens is 234 g/mol. The number of carbonyl (C=O) groups is 1. The second-order valence-electron chi connectivity index (χ2n) is 3.44. The number of nitrogens with one attached hydrogen (secondary N) is 2. The maximum Gasteiger partial charge on any atom is 0.251 e. The van der Waals surface area contributed by atoms with Crippen LogP contribution in [0.25, 0.3) is 0 Å². The number of anilines is 1. The highest BCUT2D eigenvalue weighted by atomic mass is 32.1. The van der Waals surface area contributed by atoms with E-state index >= 15 is 0 Å². The molecule has 0 saturated heterocycles. The number of benzene rings is 1. The minimum atomic E-state index is -0.0807. The summed E-state index contributed by atoms with van der Waals surface area (Å²) in [5, 5.41) is 8.63. The largest absolute Gasteiger partial charge is 0.388 e. The lowest BCUT2D eigenvalue weighted by Gasteiger charge is -2.04. The molecule has 2 aromatic rings. The molecule has 5 heteroatoms. The van der Waals surface area contributed by atoms with Gasteiger partial charge in [0, 0.05) is 29.9 Å². The first kappa shape index (κ1) is 11.6. The van der Waals surface area contributed by atoms with Gasteiger partial charge in [0.15, 0.2) is 0 Å². The Bertz CT molecular complexity index is 479. The van der Waals surface area contributed by atoms with E-state index in [4.69, 9.17) is 0 Å². The summed E-state index contributed by atoms with van der Waals surface area (Å²) in [6.07, 6.45) is 1.73. The van der Waals surface area contributed by atoms with Crippen molar-refractivity contribution in [1.82, 2.24) is 10.3 Å². The first-order valence-electron chi connectivity index (χ1n) is 5.24. The first-order valence-corrected chi connectivity index (χ1v) is 6.12. The highest BCUT2D eigenvalue weighted by Crippen LogP contribution is 2.09. The van der Waals surface area contributed by atoms with Gasteiger partial charge in [0.25, 0.3) is 5.91 Å². The van der Waals surface area contributed by atoms with E-state index in [0.29, 0.717) is 12.1 Å². The molecule has 0 spiro atoms. The normalized spacial score (nSPS) is 9.94. The molecular formula is C12H13N3OS. The van der Waals surface area contributed by atoms with Gasteiger partial charge in [-0.3, -0.25) is 4.79 Å². The Morgan fingerprint density at radius 1 is 1.35 bits per heavy atom. The number of carbonyl (C=O) groups excluding carboxylic acids is 1. The average Bonchev–Trinajstić information content (AvgIpc) is 2.89. The molecule has 0 fully saturated rings. The number of hydrogen-bond donors (Lipinski definition) is 2. The zero-order valence-corrected chi connectivity index (χ0v) is 10.3. The number of thiazole rings is 1. The average molecular weight is 247 g/mol. The van der Waals surface area contributed by atoms with Crippen molar-refractivity contribution in [3.05, 3.63) is 46.4 Å². The van der Waals surface area contributed by atoms with Crippen molar-refractivity contribution in [2.45, 2.75) is 6.54 Å². The van der Waals surface area contributed by atoms with Crippen LogP contribution in [0.1, 0.15) is 15.4 Å². The van der Waals surface area contributed by atoms with Gasteiger partial charge >= 0.3 is 0 Å². The molecule has 0 aliphatic carbocycles. The molecule has 1 heterocycles. The van der Waals surface area contributed by atoms with Crippen LogP contribution in [0.3, 0.4) is 0 Å². The van der Waals surface area contributed by atoms with Crippen molar-refractivity contribution in [3.63, 3.8) is 0 Å². The fraction of sp³-hybridized carbons (Fsp3) is 0.167. The highest BCUT2D eigenvalue weighted by Gasteiger charge is 2.05. The van der Waals surface area contributed by atoms with E-state index in [1.165, 1.54) is 11.3 Å². The molecule has 0 aliphatic heterocycles. The summed E-state index contributed by atoms with van der Waals surface area (Å²) < 4.78 is 0. The minimum Gasteiger partial charge on any atom is -0.388 e. The van der Waals surface area contributed by atoms with Crippen molar-refractivity contribution < 1.29 is 4.79 Å². The summed E-state index contributed by atoms with van der Waals surface area (Å²) in [7, 11) is 1.84. The number of amides is 1. The lowest BCUT2D eigenvalue weighted by molar-refractivity contribution is 0.0951. The quantitative estimate of drug-likeness (QED) is 0.870. The van der Waals surface area contributed by atoms with Gasteiger partial charge in [0.1, 0.15) is 5.01 Å². The Balaban J connectivity index is 1.95. The van der Waals surface area contributed by atoms with Crippen molar-refractivity contribution in [2.75, 3.05) is 12.4 Å². The molecule has 2 N–H and O–H groups in total. The van der Waals surface area contributed by atoms with E-state index in [1.54, 1.807) is 18.3 Å². The lowest BCUT2D eigenvalue weighted by atomic mass is 10.2. The number of aromatic nitrogens is 1. The van der Waals surface area contributed by atoms with Crippen LogP contribution in [-0.4, -0.2) is 17.9 Å². The highest BCUT2D eigenvalue weighted by molar-refractivity contribution is 7.09. The molecule has 0 aliphatic rings. The molecule has 4 nitrogen and oxygen atoms in total. The summed E-state index contributed by atoms with van der Waals surface area (Å²) in [5.41, 5.74) is 1.64. The van der Waals surface area contributed by atoms with Crippen LogP contribution in [0, 0.1) is 0 Å². The van der Waals surface area contributed by atoms with E-state index in [2.05, 4.69) is 15.6 Å². The Morgan fingerprint density at radius 3 is 2.71 bits per heavy atom. The molecule has 0 unspecified atom stereocenters. The molecule has 0 atom stereocenters. The number of hydrogen-bond acceptors (Lipinski definition) is 4. The zero-order valence-electron chi connectivity index (χ0n) is 9.43. The second-order valence-corrected chi connectivity index (χ2v) is 4.41. The van der Waals surface area contributed by atoms with Gasteiger partial charge in [-0.1, -0.05) is 0 Å². The fourth-order valence-corrected chi connectivity index (χ4v) is 1.94. The van der Waals surface area contributed by atoms with E-state index < -0.39 is 0 Å². The Morgan fingerprint density at radius 2 is 2.12 bits per heavy atom. The maximum atomic E-state index is 11.8. The third-order valence-corrected chi connectivity index (χ3v) is 3.10. The Labute approximate surface area is 104 Å². The molecule has 1 aromatic heterocycles. The Hall–Kier alpha value is -1.88. The molecule has 0 saturated carbocycles. The molecule has 2 rings (SSSR count). The predicted octanol–water partition coefficient (Wildman–Crippen LogP) is 2.11. The monoisotopic (exact) mass is 247 g/mol. The smallest absolute Gasteiger partial charge is 0.251 e. The third-order valence-electron chi connectivity index (χ3n) is 2.32. The van der Waals surface area contributed by atoms with Gasteiger partial charge in [-0.05, 0) is 24.3 Å². The van der Waals surface area contributed by atoms with Crippen LogP contribution < -0.4 is 10.6 Å².